The molecule has 1 saturated carbocycles. The predicted octanol–water partition coefficient (Wildman–Crippen LogP) is 0.679. The highest BCUT2D eigenvalue weighted by Crippen LogP contribution is 2.36. The Balaban J connectivity index is 2.05. The Bertz CT molecular complexity index is 429. The molecular weight excluding hydrogens is 218 g/mol. The fraction of sp³-hybridized carbons (Fsp3) is 0.667. The van der Waals surface area contributed by atoms with Crippen molar-refractivity contribution in [3.8, 4) is 0 Å². The lowest BCUT2D eigenvalue weighted by Crippen LogP contribution is -2.57. The third-order valence-corrected chi connectivity index (χ3v) is 4.09. The molecule has 2 heterocycles. The molecule has 0 aromatic heterocycles. The van der Waals surface area contributed by atoms with E-state index in [0.29, 0.717) is 6.04 Å². The van der Waals surface area contributed by atoms with Gasteiger partial charge in [-0.15, -0.1) is 0 Å². The van der Waals surface area contributed by atoms with E-state index in [1.54, 1.807) is 19.0 Å². The van der Waals surface area contributed by atoms with Crippen molar-refractivity contribution in [2.75, 3.05) is 14.1 Å². The molecule has 1 saturated heterocycles. The quantitative estimate of drug-likeness (QED) is 0.671. The van der Waals surface area contributed by atoms with E-state index in [4.69, 9.17) is 0 Å². The summed E-state index contributed by atoms with van der Waals surface area (Å²) in [5.41, 5.74) is 2.20. The molecule has 3 amide bonds. The van der Waals surface area contributed by atoms with Crippen LogP contribution in [0.2, 0.25) is 0 Å². The zero-order valence-corrected chi connectivity index (χ0v) is 10.2. The number of nitrogens with one attached hydrogen (secondary N) is 1. The van der Waals surface area contributed by atoms with E-state index in [-0.39, 0.29) is 18.0 Å². The van der Waals surface area contributed by atoms with Crippen LogP contribution in [-0.4, -0.2) is 47.9 Å². The molecule has 17 heavy (non-hydrogen) atoms. The molecule has 0 spiro atoms. The molecule has 1 N–H and O–H groups in total. The van der Waals surface area contributed by atoms with Crippen LogP contribution in [0.4, 0.5) is 4.79 Å². The first-order valence-electron chi connectivity index (χ1n) is 6.15. The summed E-state index contributed by atoms with van der Waals surface area (Å²) in [6.07, 6.45) is 4.45. The maximum absolute atomic E-state index is 12.1. The molecule has 3 rings (SSSR count). The largest absolute Gasteiger partial charge is 0.330 e. The van der Waals surface area contributed by atoms with Crippen LogP contribution in [0, 0.1) is 0 Å². The molecule has 0 aromatic rings. The number of nitrogens with zero attached hydrogens (tertiary/aromatic N) is 2. The van der Waals surface area contributed by atoms with Crippen LogP contribution in [-0.2, 0) is 4.79 Å². The number of carbonyl (C=O) groups is 2. The van der Waals surface area contributed by atoms with E-state index in [0.717, 1.165) is 25.0 Å². The van der Waals surface area contributed by atoms with Gasteiger partial charge in [0, 0.05) is 25.8 Å². The molecule has 2 fully saturated rings. The molecule has 2 unspecified atom stereocenters. The minimum atomic E-state index is -0.305. The van der Waals surface area contributed by atoms with Crippen molar-refractivity contribution < 1.29 is 9.59 Å². The van der Waals surface area contributed by atoms with Gasteiger partial charge in [-0.2, -0.15) is 0 Å². The summed E-state index contributed by atoms with van der Waals surface area (Å²) in [6, 6.07) is -0.225. The van der Waals surface area contributed by atoms with Crippen molar-refractivity contribution in [1.29, 1.82) is 0 Å². The number of hydrogen-bond donors (Lipinski definition) is 1. The van der Waals surface area contributed by atoms with Crippen LogP contribution in [0.25, 0.3) is 0 Å². The van der Waals surface area contributed by atoms with Gasteiger partial charge in [-0.1, -0.05) is 6.42 Å². The lowest BCUT2D eigenvalue weighted by Gasteiger charge is -2.35. The van der Waals surface area contributed by atoms with Crippen LogP contribution in [0.1, 0.15) is 25.7 Å². The van der Waals surface area contributed by atoms with E-state index in [2.05, 4.69) is 5.32 Å². The molecular formula is C12H17N3O2. The van der Waals surface area contributed by atoms with Crippen molar-refractivity contribution in [3.63, 3.8) is 0 Å². The average Bonchev–Trinajstić information content (AvgIpc) is 2.73. The summed E-state index contributed by atoms with van der Waals surface area (Å²) in [7, 11) is 3.31. The van der Waals surface area contributed by atoms with Gasteiger partial charge in [0.05, 0.1) is 0 Å². The second-order valence-corrected chi connectivity index (χ2v) is 5.05. The van der Waals surface area contributed by atoms with Gasteiger partial charge in [0.1, 0.15) is 6.04 Å². The highest BCUT2D eigenvalue weighted by Gasteiger charge is 2.47. The highest BCUT2D eigenvalue weighted by atomic mass is 16.2. The Morgan fingerprint density at radius 3 is 2.71 bits per heavy atom. The van der Waals surface area contributed by atoms with Crippen LogP contribution in [0.15, 0.2) is 11.3 Å². The zero-order valence-electron chi connectivity index (χ0n) is 10.2. The van der Waals surface area contributed by atoms with Crippen molar-refractivity contribution in [2.24, 2.45) is 0 Å². The van der Waals surface area contributed by atoms with E-state index in [1.165, 1.54) is 16.9 Å². The topological polar surface area (TPSA) is 52.7 Å². The summed E-state index contributed by atoms with van der Waals surface area (Å²) in [4.78, 5) is 26.9. The number of fused-ring (bicyclic) bond motifs is 2. The van der Waals surface area contributed by atoms with E-state index >= 15 is 0 Å². The van der Waals surface area contributed by atoms with Crippen LogP contribution in [0.5, 0.6) is 0 Å². The third kappa shape index (κ3) is 1.35. The first-order valence-corrected chi connectivity index (χ1v) is 6.15. The summed E-state index contributed by atoms with van der Waals surface area (Å²) >= 11 is 0. The first-order chi connectivity index (χ1) is 8.11. The van der Waals surface area contributed by atoms with Crippen molar-refractivity contribution in [1.82, 2.24) is 15.1 Å². The predicted molar refractivity (Wildman–Crippen MR) is 62.1 cm³/mol. The van der Waals surface area contributed by atoms with Gasteiger partial charge in [0.25, 0.3) is 5.91 Å². The first kappa shape index (κ1) is 10.8. The SMILES string of the molecule is CN1C(=O)C2NC3CCCCC3=C2N(C)C1=O. The molecule has 1 aliphatic carbocycles. The normalized spacial score (nSPS) is 33.1. The Morgan fingerprint density at radius 1 is 1.18 bits per heavy atom. The van der Waals surface area contributed by atoms with E-state index in [1.807, 2.05) is 0 Å². The lowest BCUT2D eigenvalue weighted by molar-refractivity contribution is -0.130. The average molecular weight is 235 g/mol. The minimum Gasteiger partial charge on any atom is -0.299 e. The second-order valence-electron chi connectivity index (χ2n) is 5.05. The number of likely N-dealkylation sites (N-methyl/N-ethyl adjacent to an activating group) is 2. The van der Waals surface area contributed by atoms with Crippen LogP contribution in [0.3, 0.4) is 0 Å². The molecule has 92 valence electrons. The van der Waals surface area contributed by atoms with Crippen molar-refractivity contribution in [2.45, 2.75) is 37.8 Å². The summed E-state index contributed by atoms with van der Waals surface area (Å²) < 4.78 is 0. The number of amides is 3. The van der Waals surface area contributed by atoms with Gasteiger partial charge >= 0.3 is 6.03 Å². The van der Waals surface area contributed by atoms with Gasteiger partial charge in [-0.3, -0.25) is 19.9 Å². The number of urea groups is 1. The third-order valence-electron chi connectivity index (χ3n) is 4.09. The fourth-order valence-corrected chi connectivity index (χ4v) is 3.18. The van der Waals surface area contributed by atoms with Crippen molar-refractivity contribution >= 4 is 11.9 Å². The number of imide groups is 1. The molecule has 5 heteroatoms. The monoisotopic (exact) mass is 235 g/mol. The van der Waals surface area contributed by atoms with E-state index < -0.39 is 0 Å². The molecule has 0 aromatic carbocycles. The molecule has 3 aliphatic rings. The van der Waals surface area contributed by atoms with Gasteiger partial charge in [0.15, 0.2) is 0 Å². The Hall–Kier alpha value is -1.36. The summed E-state index contributed by atoms with van der Waals surface area (Å²) in [5.74, 6) is -0.120. The number of carbonyl (C=O) groups excluding carboxylic acids is 2. The van der Waals surface area contributed by atoms with Gasteiger partial charge in [-0.25, -0.2) is 4.79 Å². The Labute approximate surface area is 100 Å². The molecule has 2 atom stereocenters. The smallest absolute Gasteiger partial charge is 0.299 e. The minimum absolute atomic E-state index is 0.120. The van der Waals surface area contributed by atoms with Gasteiger partial charge in [-0.05, 0) is 24.8 Å². The number of rotatable bonds is 0. The maximum atomic E-state index is 12.1. The summed E-state index contributed by atoms with van der Waals surface area (Å²) in [6.45, 7) is 0. The fourth-order valence-electron chi connectivity index (χ4n) is 3.18. The molecule has 0 radical (unpaired) electrons. The maximum Gasteiger partial charge on any atom is 0.330 e. The van der Waals surface area contributed by atoms with Crippen LogP contribution >= 0.6 is 0 Å². The Morgan fingerprint density at radius 2 is 1.94 bits per heavy atom. The lowest BCUT2D eigenvalue weighted by atomic mass is 9.90. The standard InChI is InChI=1S/C12H17N3O2/c1-14-10-7-5-3-4-6-8(7)13-9(10)11(16)15(2)12(14)17/h8-9,13H,3-6H2,1-2H3. The zero-order chi connectivity index (χ0) is 12.2. The van der Waals surface area contributed by atoms with E-state index in [9.17, 15) is 9.59 Å². The van der Waals surface area contributed by atoms with Crippen molar-refractivity contribution in [3.05, 3.63) is 11.3 Å². The molecule has 0 bridgehead atoms. The molecule has 5 nitrogen and oxygen atoms in total. The van der Waals surface area contributed by atoms with Gasteiger partial charge in [0.2, 0.25) is 0 Å². The second kappa shape index (κ2) is 3.57. The van der Waals surface area contributed by atoms with Crippen LogP contribution < -0.4 is 5.32 Å². The highest BCUT2D eigenvalue weighted by molar-refractivity contribution is 6.03. The number of hydrogen-bond acceptors (Lipinski definition) is 3. The van der Waals surface area contributed by atoms with Gasteiger partial charge < -0.3 is 0 Å². The Kier molecular flexibility index (Phi) is 2.26. The molecule has 2 aliphatic heterocycles. The summed E-state index contributed by atoms with van der Waals surface area (Å²) in [5, 5.41) is 3.37.